The number of carbonyl (C=O) groups is 1. The molecule has 1 atom stereocenters. The topological polar surface area (TPSA) is 32.3 Å². The van der Waals surface area contributed by atoms with Crippen molar-refractivity contribution in [1.82, 2.24) is 10.2 Å². The highest BCUT2D eigenvalue weighted by Gasteiger charge is 2.25. The Morgan fingerprint density at radius 1 is 1.59 bits per heavy atom. The second-order valence-electron chi connectivity index (χ2n) is 4.19. The number of rotatable bonds is 2. The number of halogens is 2. The molecule has 1 amide bonds. The van der Waals surface area contributed by atoms with Gasteiger partial charge in [-0.05, 0) is 53.8 Å². The zero-order valence-electron chi connectivity index (χ0n) is 9.54. The molecule has 17 heavy (non-hydrogen) atoms. The van der Waals surface area contributed by atoms with Gasteiger partial charge in [0.1, 0.15) is 0 Å². The summed E-state index contributed by atoms with van der Waals surface area (Å²) in [5.41, 5.74) is 0.688. The van der Waals surface area contributed by atoms with Gasteiger partial charge >= 0.3 is 0 Å². The largest absolute Gasteiger partial charge is 0.337 e. The van der Waals surface area contributed by atoms with Crippen LogP contribution in [0.25, 0.3) is 0 Å². The highest BCUT2D eigenvalue weighted by atomic mass is 127. The van der Waals surface area contributed by atoms with Crippen molar-refractivity contribution < 1.29 is 4.79 Å². The van der Waals surface area contributed by atoms with Crippen molar-refractivity contribution in [3.8, 4) is 0 Å². The SMILES string of the molecule is CN(C(=O)c1cc(Cl)ccc1I)C1CCNC1. The van der Waals surface area contributed by atoms with Gasteiger partial charge in [-0.15, -0.1) is 0 Å². The van der Waals surface area contributed by atoms with Crippen LogP contribution >= 0.6 is 34.2 Å². The first-order valence-electron chi connectivity index (χ1n) is 5.52. The van der Waals surface area contributed by atoms with Gasteiger partial charge in [-0.2, -0.15) is 0 Å². The molecule has 1 aromatic carbocycles. The fourth-order valence-electron chi connectivity index (χ4n) is 1.99. The molecular formula is C12H14ClIN2O. The van der Waals surface area contributed by atoms with Crippen LogP contribution in [0.1, 0.15) is 16.8 Å². The molecule has 1 aliphatic rings. The summed E-state index contributed by atoms with van der Waals surface area (Å²) in [7, 11) is 1.86. The van der Waals surface area contributed by atoms with Crippen molar-refractivity contribution in [3.63, 3.8) is 0 Å². The number of nitrogens with one attached hydrogen (secondary N) is 1. The molecular weight excluding hydrogens is 351 g/mol. The minimum atomic E-state index is 0.0469. The van der Waals surface area contributed by atoms with E-state index in [1.54, 1.807) is 12.1 Å². The monoisotopic (exact) mass is 364 g/mol. The molecule has 0 radical (unpaired) electrons. The molecule has 1 N–H and O–H groups in total. The van der Waals surface area contributed by atoms with Gasteiger partial charge in [0.25, 0.3) is 5.91 Å². The van der Waals surface area contributed by atoms with Crippen LogP contribution in [-0.4, -0.2) is 37.0 Å². The molecule has 0 aliphatic carbocycles. The van der Waals surface area contributed by atoms with E-state index in [2.05, 4.69) is 27.9 Å². The van der Waals surface area contributed by atoms with E-state index in [0.717, 1.165) is 23.1 Å². The first-order valence-corrected chi connectivity index (χ1v) is 6.98. The molecule has 92 valence electrons. The van der Waals surface area contributed by atoms with Gasteiger partial charge in [-0.25, -0.2) is 0 Å². The Labute approximate surface area is 120 Å². The average Bonchev–Trinajstić information content (AvgIpc) is 2.84. The summed E-state index contributed by atoms with van der Waals surface area (Å²) in [6, 6.07) is 5.70. The second kappa shape index (κ2) is 5.54. The molecule has 1 saturated heterocycles. The first kappa shape index (κ1) is 13.1. The third kappa shape index (κ3) is 2.92. The molecule has 0 aromatic heterocycles. The number of amides is 1. The standard InChI is InChI=1S/C12H14ClIN2O/c1-16(9-4-5-15-7-9)12(17)10-6-8(13)2-3-11(10)14/h2-3,6,9,15H,4-5,7H2,1H3. The van der Waals surface area contributed by atoms with Crippen molar-refractivity contribution in [2.24, 2.45) is 0 Å². The quantitative estimate of drug-likeness (QED) is 0.817. The summed E-state index contributed by atoms with van der Waals surface area (Å²) >= 11 is 8.11. The lowest BCUT2D eigenvalue weighted by atomic mass is 10.1. The third-order valence-corrected chi connectivity index (χ3v) is 4.24. The maximum atomic E-state index is 12.3. The van der Waals surface area contributed by atoms with Crippen LogP contribution in [0.5, 0.6) is 0 Å². The summed E-state index contributed by atoms with van der Waals surface area (Å²) < 4.78 is 0.940. The lowest BCUT2D eigenvalue weighted by Crippen LogP contribution is -2.38. The van der Waals surface area contributed by atoms with E-state index in [4.69, 9.17) is 11.6 Å². The van der Waals surface area contributed by atoms with Gasteiger partial charge in [0.15, 0.2) is 0 Å². The van der Waals surface area contributed by atoms with Crippen LogP contribution < -0.4 is 5.32 Å². The van der Waals surface area contributed by atoms with Gasteiger partial charge in [-0.1, -0.05) is 11.6 Å². The Kier molecular flexibility index (Phi) is 4.27. The van der Waals surface area contributed by atoms with E-state index in [0.29, 0.717) is 10.6 Å². The van der Waals surface area contributed by atoms with Crippen molar-refractivity contribution >= 4 is 40.1 Å². The maximum absolute atomic E-state index is 12.3. The van der Waals surface area contributed by atoms with Gasteiger partial charge in [0, 0.05) is 28.2 Å². The Balaban J connectivity index is 2.20. The van der Waals surface area contributed by atoms with E-state index in [1.165, 1.54) is 0 Å². The van der Waals surface area contributed by atoms with E-state index >= 15 is 0 Å². The molecule has 5 heteroatoms. The van der Waals surface area contributed by atoms with Crippen molar-refractivity contribution in [2.45, 2.75) is 12.5 Å². The number of benzene rings is 1. The third-order valence-electron chi connectivity index (χ3n) is 3.06. The van der Waals surface area contributed by atoms with Gasteiger partial charge in [-0.3, -0.25) is 4.79 Å². The fraction of sp³-hybridized carbons (Fsp3) is 0.417. The molecule has 0 saturated carbocycles. The van der Waals surface area contributed by atoms with E-state index in [-0.39, 0.29) is 11.9 Å². The molecule has 0 spiro atoms. The van der Waals surface area contributed by atoms with Crippen LogP contribution in [0, 0.1) is 3.57 Å². The Bertz CT molecular complexity index is 433. The zero-order valence-corrected chi connectivity index (χ0v) is 12.5. The number of likely N-dealkylation sites (N-methyl/N-ethyl adjacent to an activating group) is 1. The van der Waals surface area contributed by atoms with Gasteiger partial charge in [0.05, 0.1) is 5.56 Å². The Morgan fingerprint density at radius 3 is 3.00 bits per heavy atom. The highest BCUT2D eigenvalue weighted by Crippen LogP contribution is 2.20. The van der Waals surface area contributed by atoms with Crippen LogP contribution in [0.4, 0.5) is 0 Å². The fourth-order valence-corrected chi connectivity index (χ4v) is 2.73. The summed E-state index contributed by atoms with van der Waals surface area (Å²) in [4.78, 5) is 14.2. The van der Waals surface area contributed by atoms with Crippen molar-refractivity contribution in [2.75, 3.05) is 20.1 Å². The predicted molar refractivity (Wildman–Crippen MR) is 77.5 cm³/mol. The van der Waals surface area contributed by atoms with Crippen LogP contribution in [0.15, 0.2) is 18.2 Å². The summed E-state index contributed by atoms with van der Waals surface area (Å²) in [6.45, 7) is 1.86. The van der Waals surface area contributed by atoms with Crippen LogP contribution in [0.3, 0.4) is 0 Å². The minimum absolute atomic E-state index is 0.0469. The summed E-state index contributed by atoms with van der Waals surface area (Å²) in [5.74, 6) is 0.0469. The van der Waals surface area contributed by atoms with Crippen LogP contribution in [-0.2, 0) is 0 Å². The molecule has 1 aliphatic heterocycles. The van der Waals surface area contributed by atoms with Gasteiger partial charge in [0.2, 0.25) is 0 Å². The van der Waals surface area contributed by atoms with E-state index in [9.17, 15) is 4.79 Å². The summed E-state index contributed by atoms with van der Waals surface area (Å²) in [5, 5.41) is 3.87. The van der Waals surface area contributed by atoms with Crippen molar-refractivity contribution in [3.05, 3.63) is 32.4 Å². The van der Waals surface area contributed by atoms with Crippen molar-refractivity contribution in [1.29, 1.82) is 0 Å². The van der Waals surface area contributed by atoms with E-state index < -0.39 is 0 Å². The Morgan fingerprint density at radius 2 is 2.35 bits per heavy atom. The number of nitrogens with zero attached hydrogens (tertiary/aromatic N) is 1. The molecule has 2 rings (SSSR count). The number of hydrogen-bond acceptors (Lipinski definition) is 2. The molecule has 0 bridgehead atoms. The summed E-state index contributed by atoms with van der Waals surface area (Å²) in [6.07, 6.45) is 1.01. The first-order chi connectivity index (χ1) is 8.09. The number of hydrogen-bond donors (Lipinski definition) is 1. The Hall–Kier alpha value is -0.330. The normalized spacial score (nSPS) is 19.4. The second-order valence-corrected chi connectivity index (χ2v) is 5.79. The number of carbonyl (C=O) groups excluding carboxylic acids is 1. The van der Waals surface area contributed by atoms with Crippen LogP contribution in [0.2, 0.25) is 5.02 Å². The molecule has 1 unspecified atom stereocenters. The maximum Gasteiger partial charge on any atom is 0.255 e. The zero-order chi connectivity index (χ0) is 12.4. The average molecular weight is 365 g/mol. The predicted octanol–water partition coefficient (Wildman–Crippen LogP) is 2.38. The minimum Gasteiger partial charge on any atom is -0.337 e. The molecule has 1 heterocycles. The van der Waals surface area contributed by atoms with E-state index in [1.807, 2.05) is 18.0 Å². The molecule has 1 fully saturated rings. The molecule has 3 nitrogen and oxygen atoms in total. The molecule has 1 aromatic rings. The smallest absolute Gasteiger partial charge is 0.255 e. The highest BCUT2D eigenvalue weighted by molar-refractivity contribution is 14.1. The van der Waals surface area contributed by atoms with Gasteiger partial charge < -0.3 is 10.2 Å². The lowest BCUT2D eigenvalue weighted by molar-refractivity contribution is 0.0742. The lowest BCUT2D eigenvalue weighted by Gasteiger charge is -2.24.